The number of aliphatic hydroxyl groups is 1. The Hall–Kier alpha value is -3.08. The lowest BCUT2D eigenvalue weighted by molar-refractivity contribution is -0.150. The predicted molar refractivity (Wildman–Crippen MR) is 113 cm³/mol. The van der Waals surface area contributed by atoms with Crippen LogP contribution in [0.4, 0.5) is 10.2 Å². The number of hydrogen-bond donors (Lipinski definition) is 3. The standard InChI is InChI=1S/C22H24FN5O4/c1-24-20(29)18-7-16(32-27-18)10-31-21(30)25-15-8-22(9-15)11-28(12-22)19-5-2-13-6-14(23)3-4-17(13)26-19/h2-7,15,21,25,30H,8-12H2,1H3,(H,24,29). The van der Waals surface area contributed by atoms with Crippen molar-refractivity contribution >= 4 is 22.6 Å². The molecule has 1 unspecified atom stereocenters. The summed E-state index contributed by atoms with van der Waals surface area (Å²) in [6.45, 7) is 1.81. The second kappa shape index (κ2) is 8.12. The Kier molecular flexibility index (Phi) is 5.28. The average molecular weight is 441 g/mol. The van der Waals surface area contributed by atoms with Crippen LogP contribution in [0.15, 0.2) is 40.9 Å². The summed E-state index contributed by atoms with van der Waals surface area (Å²) in [5, 5.41) is 20.1. The van der Waals surface area contributed by atoms with Crippen molar-refractivity contribution in [2.24, 2.45) is 5.41 Å². The molecule has 1 saturated carbocycles. The average Bonchev–Trinajstić information content (AvgIpc) is 3.21. The van der Waals surface area contributed by atoms with E-state index < -0.39 is 6.41 Å². The summed E-state index contributed by atoms with van der Waals surface area (Å²) in [5.41, 5.74) is 1.18. The fourth-order valence-corrected chi connectivity index (χ4v) is 4.58. The van der Waals surface area contributed by atoms with Gasteiger partial charge < -0.3 is 24.6 Å². The third kappa shape index (κ3) is 4.04. The number of aliphatic hydroxyl groups excluding tert-OH is 1. The highest BCUT2D eigenvalue weighted by atomic mass is 19.1. The Morgan fingerprint density at radius 2 is 2.16 bits per heavy atom. The molecule has 2 fully saturated rings. The molecule has 3 N–H and O–H groups in total. The minimum absolute atomic E-state index is 0.00132. The number of aromatic nitrogens is 2. The van der Waals surface area contributed by atoms with Crippen LogP contribution in [0.3, 0.4) is 0 Å². The number of hydrogen-bond acceptors (Lipinski definition) is 8. The lowest BCUT2D eigenvalue weighted by Crippen LogP contribution is -2.67. The normalized spacial score (nSPS) is 18.4. The first kappa shape index (κ1) is 20.8. The van der Waals surface area contributed by atoms with E-state index in [0.717, 1.165) is 42.7 Å². The Morgan fingerprint density at radius 1 is 1.34 bits per heavy atom. The number of amides is 1. The van der Waals surface area contributed by atoms with Gasteiger partial charge in [-0.1, -0.05) is 5.16 Å². The fraction of sp³-hybridized carbons (Fsp3) is 0.409. The second-order valence-corrected chi connectivity index (χ2v) is 8.56. The van der Waals surface area contributed by atoms with Gasteiger partial charge in [0.1, 0.15) is 18.2 Å². The first-order valence-corrected chi connectivity index (χ1v) is 10.5. The summed E-state index contributed by atoms with van der Waals surface area (Å²) in [4.78, 5) is 18.3. The predicted octanol–water partition coefficient (Wildman–Crippen LogP) is 1.77. The first-order valence-electron chi connectivity index (χ1n) is 10.5. The van der Waals surface area contributed by atoms with Crippen LogP contribution in [0.1, 0.15) is 29.1 Å². The smallest absolute Gasteiger partial charge is 0.273 e. The van der Waals surface area contributed by atoms with Gasteiger partial charge in [-0.25, -0.2) is 9.37 Å². The van der Waals surface area contributed by atoms with E-state index in [2.05, 4.69) is 25.7 Å². The van der Waals surface area contributed by atoms with Crippen LogP contribution in [0.2, 0.25) is 0 Å². The lowest BCUT2D eigenvalue weighted by atomic mass is 9.60. The highest BCUT2D eigenvalue weighted by Crippen LogP contribution is 2.49. The van der Waals surface area contributed by atoms with Crippen molar-refractivity contribution in [2.45, 2.75) is 31.9 Å². The number of nitrogens with zero attached hydrogens (tertiary/aromatic N) is 3. The van der Waals surface area contributed by atoms with E-state index >= 15 is 0 Å². The Labute approximate surface area is 183 Å². The molecular formula is C22H24FN5O4. The number of pyridine rings is 1. The monoisotopic (exact) mass is 441 g/mol. The molecule has 9 nitrogen and oxygen atoms in total. The number of ether oxygens (including phenoxy) is 1. The summed E-state index contributed by atoms with van der Waals surface area (Å²) in [7, 11) is 1.51. The van der Waals surface area contributed by atoms with E-state index in [1.54, 1.807) is 6.07 Å². The van der Waals surface area contributed by atoms with Crippen LogP contribution in [0.5, 0.6) is 0 Å². The van der Waals surface area contributed by atoms with Crippen molar-refractivity contribution in [3.8, 4) is 0 Å². The molecule has 1 aliphatic carbocycles. The van der Waals surface area contributed by atoms with Crippen molar-refractivity contribution in [2.75, 3.05) is 25.0 Å². The quantitative estimate of drug-likeness (QED) is 0.476. The zero-order valence-corrected chi connectivity index (χ0v) is 17.5. The highest BCUT2D eigenvalue weighted by Gasteiger charge is 2.52. The van der Waals surface area contributed by atoms with Gasteiger partial charge >= 0.3 is 0 Å². The summed E-state index contributed by atoms with van der Waals surface area (Å²) in [6, 6.07) is 10.1. The molecule has 2 aliphatic rings. The van der Waals surface area contributed by atoms with Crippen molar-refractivity contribution < 1.29 is 23.6 Å². The first-order chi connectivity index (χ1) is 15.4. The van der Waals surface area contributed by atoms with E-state index in [-0.39, 0.29) is 35.5 Å². The number of carbonyl (C=O) groups is 1. The zero-order valence-electron chi connectivity index (χ0n) is 17.5. The maximum absolute atomic E-state index is 13.3. The molecular weight excluding hydrogens is 417 g/mol. The summed E-state index contributed by atoms with van der Waals surface area (Å²) >= 11 is 0. The number of benzene rings is 1. The van der Waals surface area contributed by atoms with Crippen molar-refractivity contribution in [1.29, 1.82) is 0 Å². The lowest BCUT2D eigenvalue weighted by Gasteiger charge is -2.59. The maximum atomic E-state index is 13.3. The molecule has 1 saturated heterocycles. The summed E-state index contributed by atoms with van der Waals surface area (Å²) in [6.07, 6.45) is 0.738. The third-order valence-corrected chi connectivity index (χ3v) is 6.15. The molecule has 1 spiro atoms. The SMILES string of the molecule is CNC(=O)c1cc(COC(O)NC2CC3(C2)CN(c2ccc4cc(F)ccc4n2)C3)on1. The molecule has 32 heavy (non-hydrogen) atoms. The van der Waals surface area contributed by atoms with Crippen molar-refractivity contribution in [1.82, 2.24) is 20.8 Å². The zero-order chi connectivity index (χ0) is 22.3. The number of carbonyl (C=O) groups excluding carboxylic acids is 1. The van der Waals surface area contributed by atoms with Gasteiger partial charge in [0.15, 0.2) is 11.5 Å². The molecule has 168 valence electrons. The topological polar surface area (TPSA) is 113 Å². The molecule has 0 bridgehead atoms. The molecule has 5 rings (SSSR count). The molecule has 2 aromatic heterocycles. The van der Waals surface area contributed by atoms with Gasteiger partial charge in [-0.3, -0.25) is 10.1 Å². The van der Waals surface area contributed by atoms with E-state index in [0.29, 0.717) is 5.76 Å². The van der Waals surface area contributed by atoms with Crippen LogP contribution < -0.4 is 15.5 Å². The number of fused-ring (bicyclic) bond motifs is 1. The van der Waals surface area contributed by atoms with Crippen LogP contribution >= 0.6 is 0 Å². The Bertz CT molecular complexity index is 1140. The highest BCUT2D eigenvalue weighted by molar-refractivity contribution is 5.91. The van der Waals surface area contributed by atoms with Crippen LogP contribution in [0, 0.1) is 11.2 Å². The van der Waals surface area contributed by atoms with Gasteiger partial charge in [0, 0.05) is 43.0 Å². The van der Waals surface area contributed by atoms with Crippen LogP contribution in [0.25, 0.3) is 10.9 Å². The largest absolute Gasteiger partial charge is 0.358 e. The molecule has 3 aromatic rings. The van der Waals surface area contributed by atoms with Crippen LogP contribution in [-0.2, 0) is 11.3 Å². The third-order valence-electron chi connectivity index (χ3n) is 6.15. The minimum Gasteiger partial charge on any atom is -0.358 e. The van der Waals surface area contributed by atoms with Gasteiger partial charge in [0.05, 0.1) is 5.52 Å². The molecule has 3 heterocycles. The minimum atomic E-state index is -1.13. The van der Waals surface area contributed by atoms with Gasteiger partial charge in [0.25, 0.3) is 5.91 Å². The maximum Gasteiger partial charge on any atom is 0.273 e. The molecule has 0 radical (unpaired) electrons. The van der Waals surface area contributed by atoms with E-state index in [4.69, 9.17) is 9.26 Å². The summed E-state index contributed by atoms with van der Waals surface area (Å²) < 4.78 is 23.7. The van der Waals surface area contributed by atoms with Crippen LogP contribution in [-0.4, -0.2) is 53.7 Å². The fourth-order valence-electron chi connectivity index (χ4n) is 4.58. The molecule has 10 heteroatoms. The number of nitrogens with one attached hydrogen (secondary N) is 2. The van der Waals surface area contributed by atoms with E-state index in [1.165, 1.54) is 25.2 Å². The second-order valence-electron chi connectivity index (χ2n) is 8.56. The van der Waals surface area contributed by atoms with E-state index in [1.807, 2.05) is 12.1 Å². The van der Waals surface area contributed by atoms with Gasteiger partial charge in [-0.05, 0) is 43.2 Å². The van der Waals surface area contributed by atoms with Crippen molar-refractivity contribution in [3.63, 3.8) is 0 Å². The number of rotatable bonds is 7. The molecule has 1 atom stereocenters. The van der Waals surface area contributed by atoms with Gasteiger partial charge in [-0.2, -0.15) is 0 Å². The molecule has 1 aliphatic heterocycles. The van der Waals surface area contributed by atoms with Crippen molar-refractivity contribution in [3.05, 3.63) is 53.7 Å². The Balaban J connectivity index is 1.06. The summed E-state index contributed by atoms with van der Waals surface area (Å²) in [5.74, 6) is 0.650. The Morgan fingerprint density at radius 3 is 2.94 bits per heavy atom. The number of halogens is 1. The molecule has 1 aromatic carbocycles. The molecule has 1 amide bonds. The van der Waals surface area contributed by atoms with E-state index in [9.17, 15) is 14.3 Å². The number of anilines is 1. The van der Waals surface area contributed by atoms with Gasteiger partial charge in [0.2, 0.25) is 6.41 Å². The van der Waals surface area contributed by atoms with Gasteiger partial charge in [-0.15, -0.1) is 0 Å².